The molecule has 0 aliphatic heterocycles. The Bertz CT molecular complexity index is 516. The van der Waals surface area contributed by atoms with E-state index in [1.165, 1.54) is 13.1 Å². The highest BCUT2D eigenvalue weighted by atomic mass is 16.4. The van der Waals surface area contributed by atoms with Gasteiger partial charge in [0.25, 0.3) is 0 Å². The van der Waals surface area contributed by atoms with Crippen LogP contribution in [0, 0.1) is 0 Å². The number of aromatic hydroxyl groups is 1. The lowest BCUT2D eigenvalue weighted by Crippen LogP contribution is -1.88. The highest BCUT2D eigenvalue weighted by Crippen LogP contribution is 2.15. The second-order valence-electron chi connectivity index (χ2n) is 3.52. The van der Waals surface area contributed by atoms with Crippen LogP contribution in [0.2, 0.25) is 0 Å². The molecule has 2 rings (SSSR count). The summed E-state index contributed by atoms with van der Waals surface area (Å²) >= 11 is 0. The van der Waals surface area contributed by atoms with Crippen molar-refractivity contribution >= 4 is 5.78 Å². The van der Waals surface area contributed by atoms with E-state index in [1.54, 1.807) is 18.2 Å². The van der Waals surface area contributed by atoms with Crippen molar-refractivity contribution in [2.75, 3.05) is 0 Å². The first-order chi connectivity index (χ1) is 7.65. The molecule has 82 valence electrons. The number of oxazole rings is 1. The van der Waals surface area contributed by atoms with Gasteiger partial charge in [-0.2, -0.15) is 0 Å². The highest BCUT2D eigenvalue weighted by Gasteiger charge is 2.08. The van der Waals surface area contributed by atoms with Gasteiger partial charge < -0.3 is 9.52 Å². The maximum Gasteiger partial charge on any atom is 0.199 e. The number of rotatable bonds is 3. The molecule has 0 saturated carbocycles. The van der Waals surface area contributed by atoms with Crippen molar-refractivity contribution in [3.8, 4) is 5.75 Å². The summed E-state index contributed by atoms with van der Waals surface area (Å²) in [5.41, 5.74) is 0.886. The number of aromatic nitrogens is 1. The van der Waals surface area contributed by atoms with Crippen molar-refractivity contribution < 1.29 is 14.3 Å². The van der Waals surface area contributed by atoms with Crippen LogP contribution in [-0.4, -0.2) is 15.9 Å². The average Bonchev–Trinajstić information content (AvgIpc) is 2.66. The van der Waals surface area contributed by atoms with E-state index in [4.69, 9.17) is 4.42 Å². The lowest BCUT2D eigenvalue weighted by Gasteiger charge is -1.97. The van der Waals surface area contributed by atoms with Gasteiger partial charge in [0.1, 0.15) is 5.75 Å². The Hall–Kier alpha value is -2.10. The van der Waals surface area contributed by atoms with Crippen LogP contribution in [0.4, 0.5) is 0 Å². The molecule has 0 amide bonds. The smallest absolute Gasteiger partial charge is 0.199 e. The largest absolute Gasteiger partial charge is 0.508 e. The number of hydrogen-bond donors (Lipinski definition) is 1. The third-order valence-electron chi connectivity index (χ3n) is 2.17. The first kappa shape index (κ1) is 10.4. The molecule has 0 saturated heterocycles. The molecule has 0 spiro atoms. The highest BCUT2D eigenvalue weighted by molar-refractivity contribution is 5.90. The van der Waals surface area contributed by atoms with Crippen LogP contribution < -0.4 is 0 Å². The van der Waals surface area contributed by atoms with Crippen molar-refractivity contribution in [3.63, 3.8) is 0 Å². The maximum atomic E-state index is 11.0. The first-order valence-electron chi connectivity index (χ1n) is 4.88. The summed E-state index contributed by atoms with van der Waals surface area (Å²) in [5, 5.41) is 9.28. The summed E-state index contributed by atoms with van der Waals surface area (Å²) in [6, 6.07) is 6.84. The lowest BCUT2D eigenvalue weighted by molar-refractivity contribution is 0.0985. The van der Waals surface area contributed by atoms with Gasteiger partial charge in [0.2, 0.25) is 0 Å². The monoisotopic (exact) mass is 217 g/mol. The predicted molar refractivity (Wildman–Crippen MR) is 57.4 cm³/mol. The summed E-state index contributed by atoms with van der Waals surface area (Å²) in [6.07, 6.45) is 1.88. The van der Waals surface area contributed by atoms with Gasteiger partial charge in [0.15, 0.2) is 17.4 Å². The number of phenolic OH excluding ortho intramolecular Hbond substituents is 1. The van der Waals surface area contributed by atoms with Crippen molar-refractivity contribution in [2.45, 2.75) is 13.3 Å². The van der Waals surface area contributed by atoms with Crippen LogP contribution in [0.1, 0.15) is 28.9 Å². The van der Waals surface area contributed by atoms with Crippen LogP contribution in [-0.2, 0) is 6.42 Å². The van der Waals surface area contributed by atoms with Crippen molar-refractivity contribution in [2.24, 2.45) is 0 Å². The number of nitrogens with zero attached hydrogens (tertiary/aromatic N) is 1. The molecule has 0 atom stereocenters. The fraction of sp³-hybridized carbons (Fsp3) is 0.167. The fourth-order valence-electron chi connectivity index (χ4n) is 1.40. The van der Waals surface area contributed by atoms with E-state index in [-0.39, 0.29) is 17.3 Å². The van der Waals surface area contributed by atoms with Crippen molar-refractivity contribution in [1.29, 1.82) is 0 Å². The minimum absolute atomic E-state index is 0.144. The van der Waals surface area contributed by atoms with Gasteiger partial charge in [-0.3, -0.25) is 4.79 Å². The van der Waals surface area contributed by atoms with Crippen LogP contribution in [0.3, 0.4) is 0 Å². The molecular formula is C12H11NO3. The number of carbonyl (C=O) groups excluding carboxylic acids is 1. The molecule has 16 heavy (non-hydrogen) atoms. The van der Waals surface area contributed by atoms with Gasteiger partial charge >= 0.3 is 0 Å². The van der Waals surface area contributed by atoms with Crippen molar-refractivity contribution in [3.05, 3.63) is 47.7 Å². The van der Waals surface area contributed by atoms with Crippen LogP contribution in [0.15, 0.2) is 34.9 Å². The minimum atomic E-state index is -0.144. The molecular weight excluding hydrogens is 206 g/mol. The standard InChI is InChI=1S/C12H11NO3/c1-8(14)11-7-13-12(16-11)6-9-3-2-4-10(15)5-9/h2-5,7,15H,6H2,1H3. The maximum absolute atomic E-state index is 11.0. The Morgan fingerprint density at radius 3 is 2.94 bits per heavy atom. The van der Waals surface area contributed by atoms with E-state index >= 15 is 0 Å². The lowest BCUT2D eigenvalue weighted by atomic mass is 10.1. The second kappa shape index (κ2) is 4.18. The molecule has 0 bridgehead atoms. The van der Waals surface area contributed by atoms with Gasteiger partial charge in [-0.05, 0) is 17.7 Å². The number of benzene rings is 1. The van der Waals surface area contributed by atoms with Crippen LogP contribution in [0.5, 0.6) is 5.75 Å². The number of phenols is 1. The molecule has 0 unspecified atom stereocenters. The first-order valence-corrected chi connectivity index (χ1v) is 4.88. The van der Waals surface area contributed by atoms with E-state index < -0.39 is 0 Å². The molecule has 0 aliphatic carbocycles. The van der Waals surface area contributed by atoms with Gasteiger partial charge in [0, 0.05) is 13.3 Å². The van der Waals surface area contributed by atoms with E-state index in [9.17, 15) is 9.90 Å². The number of carbonyl (C=O) groups is 1. The molecule has 0 radical (unpaired) electrons. The predicted octanol–water partition coefficient (Wildman–Crippen LogP) is 2.17. The van der Waals surface area contributed by atoms with Crippen LogP contribution in [0.25, 0.3) is 0 Å². The molecule has 1 N–H and O–H groups in total. The average molecular weight is 217 g/mol. The summed E-state index contributed by atoms with van der Waals surface area (Å²) in [4.78, 5) is 15.0. The summed E-state index contributed by atoms with van der Waals surface area (Å²) in [6.45, 7) is 1.43. The summed E-state index contributed by atoms with van der Waals surface area (Å²) in [5.74, 6) is 0.788. The molecule has 4 heteroatoms. The number of Topliss-reactive ketones (excluding diaryl/α,β-unsaturated/α-hetero) is 1. The molecule has 1 heterocycles. The molecule has 1 aromatic carbocycles. The Kier molecular flexibility index (Phi) is 2.72. The normalized spacial score (nSPS) is 10.3. The topological polar surface area (TPSA) is 63.3 Å². The summed E-state index contributed by atoms with van der Waals surface area (Å²) in [7, 11) is 0. The van der Waals surface area contributed by atoms with Crippen LogP contribution >= 0.6 is 0 Å². The van der Waals surface area contributed by atoms with Gasteiger partial charge in [0.05, 0.1) is 6.20 Å². The Balaban J connectivity index is 2.17. The van der Waals surface area contributed by atoms with Gasteiger partial charge in [-0.15, -0.1) is 0 Å². The minimum Gasteiger partial charge on any atom is -0.508 e. The number of hydrogen-bond acceptors (Lipinski definition) is 4. The number of ketones is 1. The zero-order valence-electron chi connectivity index (χ0n) is 8.80. The molecule has 4 nitrogen and oxygen atoms in total. The molecule has 2 aromatic rings. The van der Waals surface area contributed by atoms with E-state index in [0.29, 0.717) is 12.3 Å². The quantitative estimate of drug-likeness (QED) is 0.800. The van der Waals surface area contributed by atoms with E-state index in [2.05, 4.69) is 4.98 Å². The Morgan fingerprint density at radius 1 is 1.50 bits per heavy atom. The zero-order chi connectivity index (χ0) is 11.5. The third-order valence-corrected chi connectivity index (χ3v) is 2.17. The van der Waals surface area contributed by atoms with E-state index in [1.807, 2.05) is 6.07 Å². The Labute approximate surface area is 92.6 Å². The van der Waals surface area contributed by atoms with Crippen molar-refractivity contribution in [1.82, 2.24) is 4.98 Å². The van der Waals surface area contributed by atoms with E-state index in [0.717, 1.165) is 5.56 Å². The van der Waals surface area contributed by atoms with Gasteiger partial charge in [-0.25, -0.2) is 4.98 Å². The third kappa shape index (κ3) is 2.28. The SMILES string of the molecule is CC(=O)c1cnc(Cc2cccc(O)c2)o1. The molecule has 0 aliphatic rings. The second-order valence-corrected chi connectivity index (χ2v) is 3.52. The molecule has 1 aromatic heterocycles. The van der Waals surface area contributed by atoms with Gasteiger partial charge in [-0.1, -0.05) is 12.1 Å². The molecule has 0 fully saturated rings. The summed E-state index contributed by atoms with van der Waals surface area (Å²) < 4.78 is 5.25. The Morgan fingerprint density at radius 2 is 2.31 bits per heavy atom. The fourth-order valence-corrected chi connectivity index (χ4v) is 1.40. The zero-order valence-corrected chi connectivity index (χ0v) is 8.80.